The average molecular weight is 189 g/mol. The largest absolute Gasteiger partial charge is 0.292 e. The van der Waals surface area contributed by atoms with Crippen LogP contribution in [0.4, 0.5) is 0 Å². The van der Waals surface area contributed by atoms with E-state index in [1.165, 1.54) is 5.56 Å². The zero-order valence-electron chi connectivity index (χ0n) is 8.19. The summed E-state index contributed by atoms with van der Waals surface area (Å²) in [4.78, 5) is 13.4. The number of rotatable bonds is 2. The molecule has 0 unspecified atom stereocenters. The van der Waals surface area contributed by atoms with Crippen LogP contribution in [0.3, 0.4) is 0 Å². The third-order valence-electron chi connectivity index (χ3n) is 2.08. The van der Waals surface area contributed by atoms with Crippen molar-refractivity contribution in [3.63, 3.8) is 0 Å². The zero-order chi connectivity index (χ0) is 10.6. The molecule has 0 aliphatic heterocycles. The van der Waals surface area contributed by atoms with Crippen LogP contribution < -0.4 is 0 Å². The Hall–Kier alpha value is -1.80. The van der Waals surface area contributed by atoms with Gasteiger partial charge in [0.1, 0.15) is 0 Å². The Labute approximate surface area is 82.2 Å². The van der Waals surface area contributed by atoms with Crippen molar-refractivity contribution in [3.05, 3.63) is 45.3 Å². The van der Waals surface area contributed by atoms with Crippen LogP contribution in [-0.4, -0.2) is 5.91 Å². The number of hydrogen-bond acceptors (Lipinski definition) is 1. The SMILES string of the molecule is Cc1ccc(CC(=O)N=[N+]=[N-])cc1C. The lowest BCUT2D eigenvalue weighted by Crippen LogP contribution is -1.98. The summed E-state index contributed by atoms with van der Waals surface area (Å²) in [6.07, 6.45) is 0.172. The molecule has 0 spiro atoms. The number of benzene rings is 1. The summed E-state index contributed by atoms with van der Waals surface area (Å²) in [5.41, 5.74) is 11.3. The topological polar surface area (TPSA) is 65.8 Å². The van der Waals surface area contributed by atoms with Crippen LogP contribution in [0.2, 0.25) is 0 Å². The second-order valence-electron chi connectivity index (χ2n) is 3.18. The minimum atomic E-state index is -0.448. The molecule has 0 aliphatic rings. The molecule has 0 radical (unpaired) electrons. The van der Waals surface area contributed by atoms with Gasteiger partial charge in [0.05, 0.1) is 0 Å². The van der Waals surface area contributed by atoms with Crippen LogP contribution in [0.25, 0.3) is 10.4 Å². The van der Waals surface area contributed by atoms with Gasteiger partial charge >= 0.3 is 0 Å². The van der Waals surface area contributed by atoms with Gasteiger partial charge in [-0.05, 0) is 41.2 Å². The first-order valence-corrected chi connectivity index (χ1v) is 4.27. The molecule has 0 atom stereocenters. The van der Waals surface area contributed by atoms with E-state index in [1.807, 2.05) is 32.0 Å². The molecule has 14 heavy (non-hydrogen) atoms. The highest BCUT2D eigenvalue weighted by molar-refractivity contribution is 5.79. The number of carbonyl (C=O) groups excluding carboxylic acids is 1. The summed E-state index contributed by atoms with van der Waals surface area (Å²) in [5, 5.41) is 3.01. The van der Waals surface area contributed by atoms with Gasteiger partial charge in [-0.1, -0.05) is 18.2 Å². The number of amides is 1. The molecule has 1 aromatic rings. The lowest BCUT2D eigenvalue weighted by molar-refractivity contribution is -0.117. The molecule has 0 aromatic heterocycles. The van der Waals surface area contributed by atoms with Gasteiger partial charge in [-0.25, -0.2) is 0 Å². The fourth-order valence-electron chi connectivity index (χ4n) is 1.17. The maximum atomic E-state index is 11.0. The first-order valence-electron chi connectivity index (χ1n) is 4.27. The second kappa shape index (κ2) is 4.44. The van der Waals surface area contributed by atoms with Gasteiger partial charge in [-0.2, -0.15) is 0 Å². The Balaban J connectivity index is 2.83. The van der Waals surface area contributed by atoms with Gasteiger partial charge in [-0.3, -0.25) is 4.79 Å². The summed E-state index contributed by atoms with van der Waals surface area (Å²) in [5.74, 6) is -0.448. The fourth-order valence-corrected chi connectivity index (χ4v) is 1.17. The third kappa shape index (κ3) is 2.61. The summed E-state index contributed by atoms with van der Waals surface area (Å²) >= 11 is 0. The van der Waals surface area contributed by atoms with E-state index in [0.29, 0.717) is 0 Å². The van der Waals surface area contributed by atoms with Crippen LogP contribution in [0.1, 0.15) is 16.7 Å². The Bertz CT molecular complexity index is 406. The van der Waals surface area contributed by atoms with Gasteiger partial charge in [0.2, 0.25) is 5.91 Å². The standard InChI is InChI=1S/C10H11N3O/c1-7-3-4-9(5-8(7)2)6-10(14)12-13-11/h3-5H,6H2,1-2H3. The number of hydrogen-bond donors (Lipinski definition) is 0. The molecule has 0 fully saturated rings. The normalized spacial score (nSPS) is 9.29. The molecule has 0 heterocycles. The highest BCUT2D eigenvalue weighted by Gasteiger charge is 2.01. The molecule has 0 saturated heterocycles. The van der Waals surface area contributed by atoms with E-state index in [-0.39, 0.29) is 6.42 Å². The van der Waals surface area contributed by atoms with Crippen molar-refractivity contribution < 1.29 is 4.79 Å². The molecule has 4 nitrogen and oxygen atoms in total. The number of aryl methyl sites for hydroxylation is 2. The fraction of sp³-hybridized carbons (Fsp3) is 0.300. The van der Waals surface area contributed by atoms with Gasteiger partial charge in [0.15, 0.2) is 0 Å². The molecule has 1 amide bonds. The molecular weight excluding hydrogens is 178 g/mol. The van der Waals surface area contributed by atoms with Gasteiger partial charge < -0.3 is 0 Å². The Morgan fingerprint density at radius 3 is 2.71 bits per heavy atom. The zero-order valence-corrected chi connectivity index (χ0v) is 8.19. The first-order chi connectivity index (χ1) is 6.63. The van der Waals surface area contributed by atoms with E-state index in [0.717, 1.165) is 11.1 Å². The molecular formula is C10H11N3O. The van der Waals surface area contributed by atoms with Crippen molar-refractivity contribution in [2.24, 2.45) is 5.11 Å². The first kappa shape index (κ1) is 10.3. The summed E-state index contributed by atoms with van der Waals surface area (Å²) in [7, 11) is 0. The molecule has 0 saturated carbocycles. The van der Waals surface area contributed by atoms with Crippen molar-refractivity contribution in [1.82, 2.24) is 0 Å². The second-order valence-corrected chi connectivity index (χ2v) is 3.18. The van der Waals surface area contributed by atoms with E-state index in [9.17, 15) is 4.79 Å². The maximum Gasteiger partial charge on any atom is 0.223 e. The molecule has 4 heteroatoms. The summed E-state index contributed by atoms with van der Waals surface area (Å²) in [6.45, 7) is 3.99. The minimum absolute atomic E-state index is 0.172. The van der Waals surface area contributed by atoms with Crippen LogP contribution in [-0.2, 0) is 11.2 Å². The van der Waals surface area contributed by atoms with E-state index >= 15 is 0 Å². The van der Waals surface area contributed by atoms with Crippen LogP contribution in [0, 0.1) is 13.8 Å². The highest BCUT2D eigenvalue weighted by Crippen LogP contribution is 2.10. The Morgan fingerprint density at radius 2 is 2.14 bits per heavy atom. The minimum Gasteiger partial charge on any atom is -0.292 e. The van der Waals surface area contributed by atoms with E-state index in [1.54, 1.807) is 0 Å². The van der Waals surface area contributed by atoms with Gasteiger partial charge in [0, 0.05) is 11.3 Å². The molecule has 1 aromatic carbocycles. The van der Waals surface area contributed by atoms with Crippen molar-refractivity contribution in [3.8, 4) is 0 Å². The van der Waals surface area contributed by atoms with E-state index in [2.05, 4.69) is 10.0 Å². The predicted octanol–water partition coefficient (Wildman–Crippen LogP) is 2.68. The van der Waals surface area contributed by atoms with Crippen molar-refractivity contribution in [1.29, 1.82) is 0 Å². The smallest absolute Gasteiger partial charge is 0.223 e. The Morgan fingerprint density at radius 1 is 1.43 bits per heavy atom. The van der Waals surface area contributed by atoms with E-state index in [4.69, 9.17) is 5.53 Å². The van der Waals surface area contributed by atoms with Crippen LogP contribution in [0.15, 0.2) is 23.3 Å². The predicted molar refractivity (Wildman–Crippen MR) is 53.8 cm³/mol. The molecule has 72 valence electrons. The van der Waals surface area contributed by atoms with Crippen LogP contribution in [0.5, 0.6) is 0 Å². The lowest BCUT2D eigenvalue weighted by Gasteiger charge is -2.02. The highest BCUT2D eigenvalue weighted by atomic mass is 16.1. The molecule has 1 rings (SSSR count). The monoisotopic (exact) mass is 189 g/mol. The molecule has 0 N–H and O–H groups in total. The molecule has 0 bridgehead atoms. The van der Waals surface area contributed by atoms with Crippen molar-refractivity contribution in [2.75, 3.05) is 0 Å². The number of carbonyl (C=O) groups is 1. The quantitative estimate of drug-likeness (QED) is 0.400. The van der Waals surface area contributed by atoms with Crippen LogP contribution >= 0.6 is 0 Å². The lowest BCUT2D eigenvalue weighted by atomic mass is 10.0. The number of nitrogens with zero attached hydrogens (tertiary/aromatic N) is 3. The molecule has 0 aliphatic carbocycles. The van der Waals surface area contributed by atoms with Crippen molar-refractivity contribution in [2.45, 2.75) is 20.3 Å². The third-order valence-corrected chi connectivity index (χ3v) is 2.08. The average Bonchev–Trinajstić information content (AvgIpc) is 2.12. The van der Waals surface area contributed by atoms with Gasteiger partial charge in [0.25, 0.3) is 0 Å². The number of azide groups is 1. The van der Waals surface area contributed by atoms with Gasteiger partial charge in [-0.15, -0.1) is 0 Å². The maximum absolute atomic E-state index is 11.0. The summed E-state index contributed by atoms with van der Waals surface area (Å²) < 4.78 is 0. The van der Waals surface area contributed by atoms with Crippen molar-refractivity contribution >= 4 is 5.91 Å². The van der Waals surface area contributed by atoms with E-state index < -0.39 is 5.91 Å². The Kier molecular flexibility index (Phi) is 3.26. The summed E-state index contributed by atoms with van der Waals surface area (Å²) in [6, 6.07) is 5.75.